The van der Waals surface area contributed by atoms with Crippen molar-refractivity contribution in [2.45, 2.75) is 44.8 Å². The Labute approximate surface area is 143 Å². The van der Waals surface area contributed by atoms with E-state index in [0.29, 0.717) is 32.5 Å². The van der Waals surface area contributed by atoms with E-state index < -0.39 is 11.2 Å². The van der Waals surface area contributed by atoms with Crippen LogP contribution in [-0.4, -0.2) is 54.0 Å². The quantitative estimate of drug-likeness (QED) is 0.885. The van der Waals surface area contributed by atoms with Crippen LogP contribution in [-0.2, 0) is 4.74 Å². The number of piperidine rings is 1. The van der Waals surface area contributed by atoms with Gasteiger partial charge in [0, 0.05) is 19.6 Å². The third-order valence-electron chi connectivity index (χ3n) is 4.06. The van der Waals surface area contributed by atoms with Gasteiger partial charge in [0.2, 0.25) is 0 Å². The number of ether oxygens (including phenoxy) is 2. The van der Waals surface area contributed by atoms with E-state index in [0.717, 1.165) is 11.4 Å². The zero-order valence-electron chi connectivity index (χ0n) is 15.0. The molecule has 0 bridgehead atoms. The van der Waals surface area contributed by atoms with Crippen molar-refractivity contribution in [1.82, 2.24) is 4.90 Å². The number of aliphatic hydroxyl groups is 1. The molecule has 1 fully saturated rings. The minimum absolute atomic E-state index is 0.317. The summed E-state index contributed by atoms with van der Waals surface area (Å²) in [5, 5.41) is 14.0. The molecule has 24 heavy (non-hydrogen) atoms. The molecule has 1 heterocycles. The second-order valence-corrected chi connectivity index (χ2v) is 7.25. The molecule has 0 spiro atoms. The number of rotatable bonds is 4. The van der Waals surface area contributed by atoms with Crippen molar-refractivity contribution in [2.24, 2.45) is 0 Å². The number of nitrogens with one attached hydrogen (secondary N) is 1. The number of methoxy groups -OCH3 is 1. The summed E-state index contributed by atoms with van der Waals surface area (Å²) in [5.74, 6) is 0.743. The normalized spacial score (nSPS) is 17.3. The van der Waals surface area contributed by atoms with E-state index in [4.69, 9.17) is 9.47 Å². The van der Waals surface area contributed by atoms with Gasteiger partial charge in [0.05, 0.1) is 18.4 Å². The average molecular weight is 336 g/mol. The lowest BCUT2D eigenvalue weighted by atomic mass is 9.91. The van der Waals surface area contributed by atoms with Crippen molar-refractivity contribution in [2.75, 3.05) is 32.1 Å². The summed E-state index contributed by atoms with van der Waals surface area (Å²) in [5.41, 5.74) is -0.502. The van der Waals surface area contributed by atoms with Crippen LogP contribution in [0.4, 0.5) is 10.5 Å². The molecule has 2 N–H and O–H groups in total. The number of anilines is 1. The molecule has 0 radical (unpaired) electrons. The van der Waals surface area contributed by atoms with Crippen molar-refractivity contribution in [3.8, 4) is 5.75 Å². The third kappa shape index (κ3) is 5.03. The van der Waals surface area contributed by atoms with Crippen LogP contribution in [0.25, 0.3) is 0 Å². The molecule has 1 aromatic carbocycles. The fourth-order valence-electron chi connectivity index (χ4n) is 2.66. The average Bonchev–Trinajstić information content (AvgIpc) is 2.52. The predicted molar refractivity (Wildman–Crippen MR) is 93.5 cm³/mol. The maximum atomic E-state index is 12.1. The van der Waals surface area contributed by atoms with Crippen molar-refractivity contribution in [3.63, 3.8) is 0 Å². The van der Waals surface area contributed by atoms with Crippen molar-refractivity contribution >= 4 is 11.8 Å². The van der Waals surface area contributed by atoms with Crippen LogP contribution < -0.4 is 10.1 Å². The Morgan fingerprint density at radius 1 is 1.29 bits per heavy atom. The second kappa shape index (κ2) is 7.30. The van der Waals surface area contributed by atoms with Gasteiger partial charge in [-0.15, -0.1) is 0 Å². The summed E-state index contributed by atoms with van der Waals surface area (Å²) in [6.45, 7) is 6.93. The molecule has 1 amide bonds. The highest BCUT2D eigenvalue weighted by molar-refractivity contribution is 5.68. The molecule has 0 unspecified atom stereocenters. The SMILES string of the molecule is COc1ccccc1NCC1(O)CCN(C(=O)OC(C)(C)C)CC1. The molecular weight excluding hydrogens is 308 g/mol. The van der Waals surface area contributed by atoms with Gasteiger partial charge in [-0.3, -0.25) is 0 Å². The lowest BCUT2D eigenvalue weighted by Crippen LogP contribution is -2.50. The summed E-state index contributed by atoms with van der Waals surface area (Å²) in [7, 11) is 1.62. The van der Waals surface area contributed by atoms with Crippen molar-refractivity contribution in [3.05, 3.63) is 24.3 Å². The van der Waals surface area contributed by atoms with Crippen LogP contribution >= 0.6 is 0 Å². The fourth-order valence-corrected chi connectivity index (χ4v) is 2.66. The van der Waals surface area contributed by atoms with Crippen LogP contribution in [0.3, 0.4) is 0 Å². The van der Waals surface area contributed by atoms with Gasteiger partial charge >= 0.3 is 6.09 Å². The Morgan fingerprint density at radius 3 is 2.50 bits per heavy atom. The van der Waals surface area contributed by atoms with Crippen LogP contribution in [0.5, 0.6) is 5.75 Å². The first-order chi connectivity index (χ1) is 11.2. The first-order valence-electron chi connectivity index (χ1n) is 8.30. The third-order valence-corrected chi connectivity index (χ3v) is 4.06. The van der Waals surface area contributed by atoms with E-state index >= 15 is 0 Å². The number of amides is 1. The summed E-state index contributed by atoms with van der Waals surface area (Å²) in [6, 6.07) is 7.60. The Morgan fingerprint density at radius 2 is 1.92 bits per heavy atom. The Bertz CT molecular complexity index is 560. The Balaban J connectivity index is 1.87. The highest BCUT2D eigenvalue weighted by Gasteiger charge is 2.35. The maximum Gasteiger partial charge on any atom is 0.410 e. The topological polar surface area (TPSA) is 71.0 Å². The van der Waals surface area contributed by atoms with Gasteiger partial charge < -0.3 is 24.8 Å². The summed E-state index contributed by atoms with van der Waals surface area (Å²) in [4.78, 5) is 13.7. The van der Waals surface area contributed by atoms with Crippen molar-refractivity contribution < 1.29 is 19.4 Å². The summed E-state index contributed by atoms with van der Waals surface area (Å²) < 4.78 is 10.7. The largest absolute Gasteiger partial charge is 0.495 e. The number of para-hydroxylation sites is 2. The first-order valence-corrected chi connectivity index (χ1v) is 8.30. The molecule has 1 aliphatic rings. The number of nitrogens with zero attached hydrogens (tertiary/aromatic N) is 1. The second-order valence-electron chi connectivity index (χ2n) is 7.25. The Kier molecular flexibility index (Phi) is 5.59. The number of hydrogen-bond donors (Lipinski definition) is 2. The van der Waals surface area contributed by atoms with E-state index in [-0.39, 0.29) is 6.09 Å². The molecule has 0 saturated carbocycles. The van der Waals surface area contributed by atoms with E-state index in [9.17, 15) is 9.90 Å². The monoisotopic (exact) mass is 336 g/mol. The molecule has 6 heteroatoms. The van der Waals surface area contributed by atoms with Gasteiger partial charge in [-0.1, -0.05) is 12.1 Å². The molecule has 2 rings (SSSR count). The first kappa shape index (κ1) is 18.4. The van der Waals surface area contributed by atoms with Gasteiger partial charge in [-0.05, 0) is 45.7 Å². The summed E-state index contributed by atoms with van der Waals surface area (Å²) >= 11 is 0. The van der Waals surface area contributed by atoms with Crippen molar-refractivity contribution in [1.29, 1.82) is 0 Å². The van der Waals surface area contributed by atoms with Gasteiger partial charge in [0.25, 0.3) is 0 Å². The number of benzene rings is 1. The van der Waals surface area contributed by atoms with Gasteiger partial charge in [-0.25, -0.2) is 4.79 Å². The van der Waals surface area contributed by atoms with Gasteiger partial charge in [0.15, 0.2) is 0 Å². The zero-order chi connectivity index (χ0) is 17.8. The number of likely N-dealkylation sites (tertiary alicyclic amines) is 1. The fraction of sp³-hybridized carbons (Fsp3) is 0.611. The molecule has 6 nitrogen and oxygen atoms in total. The summed E-state index contributed by atoms with van der Waals surface area (Å²) in [6.07, 6.45) is 0.699. The van der Waals surface area contributed by atoms with E-state index in [1.807, 2.05) is 45.0 Å². The minimum atomic E-state index is -0.848. The van der Waals surface area contributed by atoms with Gasteiger partial charge in [-0.2, -0.15) is 0 Å². The molecule has 1 aliphatic heterocycles. The highest BCUT2D eigenvalue weighted by atomic mass is 16.6. The van der Waals surface area contributed by atoms with Crippen LogP contribution in [0.1, 0.15) is 33.6 Å². The lowest BCUT2D eigenvalue weighted by Gasteiger charge is -2.38. The molecule has 0 aliphatic carbocycles. The smallest absolute Gasteiger partial charge is 0.410 e. The van der Waals surface area contributed by atoms with E-state index in [2.05, 4.69) is 5.32 Å². The molecular formula is C18H28N2O4. The number of carbonyl (C=O) groups excluding carboxylic acids is 1. The standard InChI is InChI=1S/C18H28N2O4/c1-17(2,3)24-16(21)20-11-9-18(22,10-12-20)13-19-14-7-5-6-8-15(14)23-4/h5-8,19,22H,9-13H2,1-4H3. The molecule has 0 aromatic heterocycles. The minimum Gasteiger partial charge on any atom is -0.495 e. The van der Waals surface area contributed by atoms with Crippen LogP contribution in [0.15, 0.2) is 24.3 Å². The number of hydrogen-bond acceptors (Lipinski definition) is 5. The highest BCUT2D eigenvalue weighted by Crippen LogP contribution is 2.27. The number of carbonyl (C=O) groups is 1. The Hall–Kier alpha value is -1.95. The van der Waals surface area contributed by atoms with E-state index in [1.165, 1.54) is 0 Å². The van der Waals surface area contributed by atoms with Crippen LogP contribution in [0, 0.1) is 0 Å². The molecule has 0 atom stereocenters. The molecule has 1 aromatic rings. The lowest BCUT2D eigenvalue weighted by molar-refractivity contribution is -0.0244. The van der Waals surface area contributed by atoms with Crippen LogP contribution in [0.2, 0.25) is 0 Å². The van der Waals surface area contributed by atoms with E-state index in [1.54, 1.807) is 12.0 Å². The predicted octanol–water partition coefficient (Wildman–Crippen LogP) is 2.87. The molecule has 1 saturated heterocycles. The zero-order valence-corrected chi connectivity index (χ0v) is 15.0. The molecule has 134 valence electrons. The van der Waals surface area contributed by atoms with Gasteiger partial charge in [0.1, 0.15) is 11.4 Å². The maximum absolute atomic E-state index is 12.1.